The zero-order valence-electron chi connectivity index (χ0n) is 13.6. The molecule has 10 heteroatoms. The lowest BCUT2D eigenvalue weighted by Gasteiger charge is -2.07. The van der Waals surface area contributed by atoms with Crippen molar-refractivity contribution < 1.29 is 22.7 Å². The molecule has 1 aromatic heterocycles. The highest BCUT2D eigenvalue weighted by Crippen LogP contribution is 2.25. The first-order valence-electron chi connectivity index (χ1n) is 7.35. The van der Waals surface area contributed by atoms with E-state index in [1.54, 1.807) is 18.2 Å². The normalized spacial score (nSPS) is 11.4. The number of nitrogens with one attached hydrogen (secondary N) is 1. The van der Waals surface area contributed by atoms with E-state index in [-0.39, 0.29) is 19.7 Å². The van der Waals surface area contributed by atoms with Crippen molar-refractivity contribution in [1.29, 1.82) is 0 Å². The molecule has 136 valence electrons. The minimum atomic E-state index is -4.72. The van der Waals surface area contributed by atoms with Crippen LogP contribution in [0.5, 0.6) is 5.75 Å². The summed E-state index contributed by atoms with van der Waals surface area (Å²) in [5, 5.41) is 5.70. The van der Waals surface area contributed by atoms with E-state index in [1.165, 1.54) is 0 Å². The maximum atomic E-state index is 12.7. The number of hydrogen-bond acceptors (Lipinski definition) is 4. The Balaban J connectivity index is 1.84. The van der Waals surface area contributed by atoms with Crippen LogP contribution < -0.4 is 15.7 Å². The van der Waals surface area contributed by atoms with Gasteiger partial charge in [-0.15, -0.1) is 5.10 Å². The number of aromatic nitrogens is 3. The molecule has 0 atom stereocenters. The van der Waals surface area contributed by atoms with E-state index < -0.39 is 23.6 Å². The molecule has 0 fully saturated rings. The Morgan fingerprint density at radius 2 is 2.08 bits per heavy atom. The minimum absolute atomic E-state index is 0.0514. The van der Waals surface area contributed by atoms with Gasteiger partial charge < -0.3 is 10.1 Å². The first kappa shape index (κ1) is 18.6. The molecule has 1 amide bonds. The van der Waals surface area contributed by atoms with E-state index in [2.05, 4.69) is 10.4 Å². The Bertz CT molecular complexity index is 811. The van der Waals surface area contributed by atoms with Crippen molar-refractivity contribution >= 4 is 5.91 Å². The second-order valence-electron chi connectivity index (χ2n) is 5.34. The number of nitrogens with zero attached hydrogens (tertiary/aromatic N) is 3. The lowest BCUT2D eigenvalue weighted by Crippen LogP contribution is -2.34. The lowest BCUT2D eigenvalue weighted by atomic mass is 10.2. The third-order valence-electron chi connectivity index (χ3n) is 3.30. The average Bonchev–Trinajstić information content (AvgIpc) is 2.81. The fourth-order valence-corrected chi connectivity index (χ4v) is 2.09. The van der Waals surface area contributed by atoms with E-state index in [9.17, 15) is 22.8 Å². The van der Waals surface area contributed by atoms with Gasteiger partial charge in [0.1, 0.15) is 5.75 Å². The molecule has 0 aliphatic carbocycles. The lowest BCUT2D eigenvalue weighted by molar-refractivity contribution is -0.147. The smallest absolute Gasteiger partial charge is 0.451 e. The molecule has 0 unspecified atom stereocenters. The number of hydrogen-bond donors (Lipinski definition) is 1. The molecule has 0 aliphatic rings. The van der Waals surface area contributed by atoms with E-state index >= 15 is 0 Å². The topological polar surface area (TPSA) is 78.2 Å². The van der Waals surface area contributed by atoms with Crippen LogP contribution in [0, 0.1) is 6.92 Å². The van der Waals surface area contributed by atoms with Crippen LogP contribution in [0.1, 0.15) is 11.4 Å². The van der Waals surface area contributed by atoms with Crippen LogP contribution in [0.15, 0.2) is 29.1 Å². The Labute approximate surface area is 141 Å². The summed E-state index contributed by atoms with van der Waals surface area (Å²) in [7, 11) is 0.989. The maximum absolute atomic E-state index is 12.7. The van der Waals surface area contributed by atoms with Crippen LogP contribution in [0.4, 0.5) is 13.2 Å². The van der Waals surface area contributed by atoms with Gasteiger partial charge in [0.05, 0.1) is 6.54 Å². The van der Waals surface area contributed by atoms with Crippen LogP contribution in [0.25, 0.3) is 0 Å². The van der Waals surface area contributed by atoms with Crippen molar-refractivity contribution in [3.05, 3.63) is 46.1 Å². The molecule has 1 aromatic carbocycles. The summed E-state index contributed by atoms with van der Waals surface area (Å²) in [6, 6.07) is 7.13. The molecular formula is C15H17F3N4O3. The minimum Gasteiger partial charge on any atom is -0.484 e. The Hall–Kier alpha value is -2.78. The standard InChI is InChI=1S/C15H17F3N4O3/c1-10-4-3-5-11(8-10)25-9-12(23)19-6-7-22-14(24)21(2)13(20-22)15(16,17)18/h3-5,8H,6-7,9H2,1-2H3,(H,19,23). The van der Waals surface area contributed by atoms with Crippen LogP contribution in [0.2, 0.25) is 0 Å². The number of halogens is 3. The summed E-state index contributed by atoms with van der Waals surface area (Å²) < 4.78 is 44.4. The van der Waals surface area contributed by atoms with E-state index in [0.717, 1.165) is 12.6 Å². The van der Waals surface area contributed by atoms with Gasteiger partial charge in [-0.05, 0) is 24.6 Å². The van der Waals surface area contributed by atoms with Crippen LogP contribution in [-0.2, 0) is 24.6 Å². The molecule has 1 N–H and O–H groups in total. The molecule has 2 rings (SSSR count). The van der Waals surface area contributed by atoms with Gasteiger partial charge in [0.25, 0.3) is 5.91 Å². The zero-order chi connectivity index (χ0) is 18.6. The number of aryl methyl sites for hydroxylation is 1. The molecule has 7 nitrogen and oxygen atoms in total. The zero-order valence-corrected chi connectivity index (χ0v) is 13.6. The molecule has 0 spiro atoms. The fraction of sp³-hybridized carbons (Fsp3) is 0.400. The van der Waals surface area contributed by atoms with E-state index in [1.807, 2.05) is 13.0 Å². The van der Waals surface area contributed by atoms with Crippen molar-refractivity contribution in [2.24, 2.45) is 7.05 Å². The number of benzene rings is 1. The summed E-state index contributed by atoms with van der Waals surface area (Å²) in [6.45, 7) is 1.41. The molecule has 0 saturated carbocycles. The van der Waals surface area contributed by atoms with Crippen molar-refractivity contribution in [3.8, 4) is 5.75 Å². The number of carbonyl (C=O) groups excluding carboxylic acids is 1. The second-order valence-corrected chi connectivity index (χ2v) is 5.34. The summed E-state index contributed by atoms with van der Waals surface area (Å²) in [5.41, 5.74) is 0.0745. The van der Waals surface area contributed by atoms with Crippen molar-refractivity contribution in [1.82, 2.24) is 19.7 Å². The Morgan fingerprint density at radius 1 is 1.36 bits per heavy atom. The molecule has 1 heterocycles. The van der Waals surface area contributed by atoms with Gasteiger partial charge in [-0.3, -0.25) is 9.36 Å². The van der Waals surface area contributed by atoms with E-state index in [4.69, 9.17) is 4.74 Å². The summed E-state index contributed by atoms with van der Waals surface area (Å²) in [4.78, 5) is 23.4. The third-order valence-corrected chi connectivity index (χ3v) is 3.30. The summed E-state index contributed by atoms with van der Waals surface area (Å²) in [5.74, 6) is -1.21. The molecule has 0 saturated heterocycles. The van der Waals surface area contributed by atoms with Gasteiger partial charge in [-0.25, -0.2) is 9.48 Å². The monoisotopic (exact) mass is 358 g/mol. The van der Waals surface area contributed by atoms with Gasteiger partial charge in [0, 0.05) is 13.6 Å². The number of carbonyl (C=O) groups is 1. The Morgan fingerprint density at radius 3 is 2.68 bits per heavy atom. The summed E-state index contributed by atoms with van der Waals surface area (Å²) in [6.07, 6.45) is -4.72. The van der Waals surface area contributed by atoms with Crippen LogP contribution in [-0.4, -0.2) is 33.4 Å². The largest absolute Gasteiger partial charge is 0.484 e. The van der Waals surface area contributed by atoms with Crippen molar-refractivity contribution in [3.63, 3.8) is 0 Å². The number of ether oxygens (including phenoxy) is 1. The second kappa shape index (κ2) is 7.41. The number of rotatable bonds is 6. The highest BCUT2D eigenvalue weighted by molar-refractivity contribution is 5.77. The van der Waals surface area contributed by atoms with Gasteiger partial charge in [-0.1, -0.05) is 12.1 Å². The molecule has 0 aliphatic heterocycles. The molecule has 2 aromatic rings. The van der Waals surface area contributed by atoms with Crippen molar-refractivity contribution in [2.75, 3.05) is 13.2 Å². The molecule has 0 radical (unpaired) electrons. The van der Waals surface area contributed by atoms with Gasteiger partial charge in [0.15, 0.2) is 6.61 Å². The van der Waals surface area contributed by atoms with Crippen LogP contribution in [0.3, 0.4) is 0 Å². The first-order valence-corrected chi connectivity index (χ1v) is 7.35. The summed E-state index contributed by atoms with van der Waals surface area (Å²) >= 11 is 0. The predicted octanol–water partition coefficient (Wildman–Crippen LogP) is 1.10. The van der Waals surface area contributed by atoms with Crippen molar-refractivity contribution in [2.45, 2.75) is 19.6 Å². The first-order chi connectivity index (χ1) is 11.7. The number of alkyl halides is 3. The SMILES string of the molecule is Cc1cccc(OCC(=O)NCCn2nc(C(F)(F)F)n(C)c2=O)c1. The predicted molar refractivity (Wildman–Crippen MR) is 82.2 cm³/mol. The van der Waals surface area contributed by atoms with Gasteiger partial charge >= 0.3 is 11.9 Å². The Kier molecular flexibility index (Phi) is 5.50. The molecule has 0 bridgehead atoms. The van der Waals surface area contributed by atoms with Gasteiger partial charge in [0.2, 0.25) is 5.82 Å². The van der Waals surface area contributed by atoms with Gasteiger partial charge in [-0.2, -0.15) is 13.2 Å². The van der Waals surface area contributed by atoms with E-state index in [0.29, 0.717) is 15.0 Å². The number of amides is 1. The quantitative estimate of drug-likeness (QED) is 0.839. The molecular weight excluding hydrogens is 341 g/mol. The highest BCUT2D eigenvalue weighted by atomic mass is 19.4. The maximum Gasteiger partial charge on any atom is 0.451 e. The highest BCUT2D eigenvalue weighted by Gasteiger charge is 2.37. The average molecular weight is 358 g/mol. The fourth-order valence-electron chi connectivity index (χ4n) is 2.09. The van der Waals surface area contributed by atoms with Crippen LogP contribution >= 0.6 is 0 Å². The molecule has 25 heavy (non-hydrogen) atoms. The third kappa shape index (κ3) is 4.85.